The summed E-state index contributed by atoms with van der Waals surface area (Å²) >= 11 is 0. The van der Waals surface area contributed by atoms with Gasteiger partial charge in [-0.25, -0.2) is 4.79 Å². The molecule has 5 nitrogen and oxygen atoms in total. The minimum Gasteiger partial charge on any atom is -0.459 e. The van der Waals surface area contributed by atoms with Gasteiger partial charge in [-0.1, -0.05) is 64.7 Å². The van der Waals surface area contributed by atoms with Crippen molar-refractivity contribution >= 4 is 5.97 Å². The van der Waals surface area contributed by atoms with Gasteiger partial charge in [0, 0.05) is 19.4 Å². The Morgan fingerprint density at radius 3 is 2.12 bits per heavy atom. The van der Waals surface area contributed by atoms with E-state index in [1.807, 2.05) is 13.0 Å². The van der Waals surface area contributed by atoms with Crippen molar-refractivity contribution in [3.05, 3.63) is 11.8 Å². The molecule has 144 valence electrons. The SMILES string of the molecule is CCCCCCCCCCCCNC=C(C#N)C(=O)OCCOCC. The fraction of sp³-hybridized carbons (Fsp3) is 0.800. The predicted molar refractivity (Wildman–Crippen MR) is 101 cm³/mol. The highest BCUT2D eigenvalue weighted by Gasteiger charge is 2.09. The Morgan fingerprint density at radius 2 is 1.56 bits per heavy atom. The zero-order valence-corrected chi connectivity index (χ0v) is 16.1. The second kappa shape index (κ2) is 18.8. The minimum absolute atomic E-state index is 0.00331. The molecule has 0 saturated carbocycles. The van der Waals surface area contributed by atoms with Crippen LogP contribution < -0.4 is 5.32 Å². The molecule has 0 aliphatic carbocycles. The Balaban J connectivity index is 3.57. The van der Waals surface area contributed by atoms with E-state index in [2.05, 4.69) is 12.2 Å². The number of esters is 1. The standard InChI is InChI=1S/C20H36N2O3/c1-3-5-6-7-8-9-10-11-12-13-14-22-18-19(17-21)20(23)25-16-15-24-4-2/h18,22H,3-16H2,1-2H3. The first-order chi connectivity index (χ1) is 12.3. The Bertz CT molecular complexity index is 389. The molecule has 0 heterocycles. The van der Waals surface area contributed by atoms with Crippen molar-refractivity contribution in [2.24, 2.45) is 0 Å². The maximum absolute atomic E-state index is 11.7. The molecular formula is C20H36N2O3. The molecule has 0 aromatic rings. The lowest BCUT2D eigenvalue weighted by Crippen LogP contribution is -2.15. The maximum Gasteiger partial charge on any atom is 0.350 e. The van der Waals surface area contributed by atoms with Crippen LogP contribution in [0.3, 0.4) is 0 Å². The largest absolute Gasteiger partial charge is 0.459 e. The zero-order valence-electron chi connectivity index (χ0n) is 16.1. The molecule has 0 aromatic heterocycles. The monoisotopic (exact) mass is 352 g/mol. The number of nitriles is 1. The smallest absolute Gasteiger partial charge is 0.350 e. The molecule has 0 amide bonds. The Labute approximate surface area is 153 Å². The summed E-state index contributed by atoms with van der Waals surface area (Å²) in [6, 6.07) is 1.87. The highest BCUT2D eigenvalue weighted by Crippen LogP contribution is 2.10. The van der Waals surface area contributed by atoms with Gasteiger partial charge in [0.2, 0.25) is 0 Å². The highest BCUT2D eigenvalue weighted by molar-refractivity contribution is 5.92. The Morgan fingerprint density at radius 1 is 0.960 bits per heavy atom. The third kappa shape index (κ3) is 15.7. The number of carbonyl (C=O) groups is 1. The summed E-state index contributed by atoms with van der Waals surface area (Å²) in [5, 5.41) is 12.0. The van der Waals surface area contributed by atoms with Crippen LogP contribution >= 0.6 is 0 Å². The summed E-state index contributed by atoms with van der Waals surface area (Å²) in [6.07, 6.45) is 14.4. The van der Waals surface area contributed by atoms with E-state index in [1.165, 1.54) is 64.0 Å². The molecule has 0 radical (unpaired) electrons. The van der Waals surface area contributed by atoms with Gasteiger partial charge >= 0.3 is 5.97 Å². The van der Waals surface area contributed by atoms with Crippen LogP contribution in [-0.4, -0.2) is 32.3 Å². The van der Waals surface area contributed by atoms with Crippen LogP contribution in [0.15, 0.2) is 11.8 Å². The summed E-state index contributed by atoms with van der Waals surface area (Å²) < 4.78 is 10.0. The van der Waals surface area contributed by atoms with Crippen molar-refractivity contribution in [3.8, 4) is 6.07 Å². The molecule has 0 atom stereocenters. The number of rotatable bonds is 17. The molecule has 1 N–H and O–H groups in total. The molecule has 0 unspecified atom stereocenters. The number of carbonyl (C=O) groups excluding carboxylic acids is 1. The van der Waals surface area contributed by atoms with E-state index in [0.29, 0.717) is 13.2 Å². The molecule has 25 heavy (non-hydrogen) atoms. The lowest BCUT2D eigenvalue weighted by Gasteiger charge is -2.05. The van der Waals surface area contributed by atoms with E-state index in [-0.39, 0.29) is 12.2 Å². The number of ether oxygens (including phenoxy) is 2. The number of hydrogen-bond donors (Lipinski definition) is 1. The van der Waals surface area contributed by atoms with Crippen LogP contribution in [0.4, 0.5) is 0 Å². The van der Waals surface area contributed by atoms with Crippen LogP contribution in [-0.2, 0) is 14.3 Å². The first-order valence-electron chi connectivity index (χ1n) is 9.84. The first-order valence-corrected chi connectivity index (χ1v) is 9.84. The van der Waals surface area contributed by atoms with Gasteiger partial charge in [-0.2, -0.15) is 5.26 Å². The molecule has 0 rings (SSSR count). The van der Waals surface area contributed by atoms with Crippen LogP contribution in [0.2, 0.25) is 0 Å². The van der Waals surface area contributed by atoms with E-state index in [4.69, 9.17) is 14.7 Å². The molecule has 0 aromatic carbocycles. The van der Waals surface area contributed by atoms with Crippen LogP contribution in [0, 0.1) is 11.3 Å². The van der Waals surface area contributed by atoms with Crippen molar-refractivity contribution in [3.63, 3.8) is 0 Å². The lowest BCUT2D eigenvalue weighted by atomic mass is 10.1. The summed E-state index contributed by atoms with van der Waals surface area (Å²) in [5.41, 5.74) is 0.00331. The number of nitrogens with zero attached hydrogens (tertiary/aromatic N) is 1. The van der Waals surface area contributed by atoms with Crippen molar-refractivity contribution in [2.45, 2.75) is 78.1 Å². The van der Waals surface area contributed by atoms with Crippen molar-refractivity contribution < 1.29 is 14.3 Å². The van der Waals surface area contributed by atoms with E-state index < -0.39 is 5.97 Å². The molecule has 0 saturated heterocycles. The van der Waals surface area contributed by atoms with Gasteiger partial charge in [0.15, 0.2) is 5.57 Å². The molecule has 0 aliphatic rings. The zero-order chi connectivity index (χ0) is 18.6. The average Bonchev–Trinajstić information content (AvgIpc) is 2.62. The first kappa shape index (κ1) is 23.5. The molecule has 0 aliphatic heterocycles. The van der Waals surface area contributed by atoms with E-state index in [9.17, 15) is 4.79 Å². The third-order valence-electron chi connectivity index (χ3n) is 3.93. The van der Waals surface area contributed by atoms with Crippen molar-refractivity contribution in [1.29, 1.82) is 5.26 Å². The normalized spacial score (nSPS) is 11.2. The van der Waals surface area contributed by atoms with Crippen LogP contribution in [0.5, 0.6) is 0 Å². The second-order valence-corrected chi connectivity index (χ2v) is 6.14. The third-order valence-corrected chi connectivity index (χ3v) is 3.93. The quantitative estimate of drug-likeness (QED) is 0.181. The minimum atomic E-state index is -0.599. The second-order valence-electron chi connectivity index (χ2n) is 6.14. The highest BCUT2D eigenvalue weighted by atomic mass is 16.6. The van der Waals surface area contributed by atoms with E-state index >= 15 is 0 Å². The van der Waals surface area contributed by atoms with E-state index in [1.54, 1.807) is 0 Å². The average molecular weight is 353 g/mol. The molecule has 0 spiro atoms. The predicted octanol–water partition coefficient (Wildman–Crippen LogP) is 4.48. The lowest BCUT2D eigenvalue weighted by molar-refractivity contribution is -0.140. The van der Waals surface area contributed by atoms with Gasteiger partial charge in [-0.15, -0.1) is 0 Å². The van der Waals surface area contributed by atoms with Crippen LogP contribution in [0.25, 0.3) is 0 Å². The number of hydrogen-bond acceptors (Lipinski definition) is 5. The fourth-order valence-corrected chi connectivity index (χ4v) is 2.44. The van der Waals surface area contributed by atoms with Gasteiger partial charge in [0.1, 0.15) is 12.7 Å². The Hall–Kier alpha value is -1.54. The topological polar surface area (TPSA) is 71.4 Å². The van der Waals surface area contributed by atoms with Gasteiger partial charge in [0.05, 0.1) is 6.61 Å². The van der Waals surface area contributed by atoms with Gasteiger partial charge in [0.25, 0.3) is 0 Å². The van der Waals surface area contributed by atoms with E-state index in [0.717, 1.165) is 13.0 Å². The van der Waals surface area contributed by atoms with Gasteiger partial charge in [-0.3, -0.25) is 0 Å². The summed E-state index contributed by atoms with van der Waals surface area (Å²) in [7, 11) is 0. The maximum atomic E-state index is 11.7. The molecular weight excluding hydrogens is 316 g/mol. The van der Waals surface area contributed by atoms with Gasteiger partial charge in [-0.05, 0) is 13.3 Å². The number of unbranched alkanes of at least 4 members (excludes halogenated alkanes) is 9. The molecule has 5 heteroatoms. The summed E-state index contributed by atoms with van der Waals surface area (Å²) in [6.45, 7) is 6.00. The molecule has 0 fully saturated rings. The summed E-state index contributed by atoms with van der Waals surface area (Å²) in [4.78, 5) is 11.7. The Kier molecular flexibility index (Phi) is 17.6. The van der Waals surface area contributed by atoms with Crippen molar-refractivity contribution in [2.75, 3.05) is 26.4 Å². The van der Waals surface area contributed by atoms with Crippen molar-refractivity contribution in [1.82, 2.24) is 5.32 Å². The number of nitrogens with one attached hydrogen (secondary N) is 1. The fourth-order valence-electron chi connectivity index (χ4n) is 2.44. The summed E-state index contributed by atoms with van der Waals surface area (Å²) in [5.74, 6) is -0.599. The molecule has 0 bridgehead atoms. The van der Waals surface area contributed by atoms with Crippen LogP contribution in [0.1, 0.15) is 78.1 Å². The van der Waals surface area contributed by atoms with Gasteiger partial charge < -0.3 is 14.8 Å².